The van der Waals surface area contributed by atoms with Gasteiger partial charge in [-0.25, -0.2) is 0 Å². The first-order chi connectivity index (χ1) is 6.66. The topological polar surface area (TPSA) is 32.3 Å². The van der Waals surface area contributed by atoms with Crippen LogP contribution in [0.15, 0.2) is 0 Å². The van der Waals surface area contributed by atoms with Crippen LogP contribution in [0.25, 0.3) is 0 Å². The summed E-state index contributed by atoms with van der Waals surface area (Å²) in [6.07, 6.45) is 3.43. The minimum atomic E-state index is 0.328. The average Bonchev–Trinajstić information content (AvgIpc) is 2.01. The van der Waals surface area contributed by atoms with Crippen molar-refractivity contribution in [1.82, 2.24) is 10.2 Å². The second kappa shape index (κ2) is 5.35. The largest absolute Gasteiger partial charge is 0.339 e. The maximum absolute atomic E-state index is 12.0. The average molecular weight is 198 g/mol. The Morgan fingerprint density at radius 1 is 1.50 bits per heavy atom. The summed E-state index contributed by atoms with van der Waals surface area (Å²) in [5.41, 5.74) is 0. The number of nitrogens with one attached hydrogen (secondary N) is 1. The second-order valence-corrected chi connectivity index (χ2v) is 4.36. The number of likely N-dealkylation sites (N-methyl/N-ethyl adjacent to an activating group) is 1. The van der Waals surface area contributed by atoms with Gasteiger partial charge in [-0.2, -0.15) is 0 Å². The molecule has 1 aliphatic carbocycles. The van der Waals surface area contributed by atoms with E-state index >= 15 is 0 Å². The lowest BCUT2D eigenvalue weighted by Crippen LogP contribution is -2.45. The molecule has 3 heteroatoms. The number of rotatable bonds is 5. The van der Waals surface area contributed by atoms with Crippen molar-refractivity contribution >= 4 is 5.91 Å². The van der Waals surface area contributed by atoms with Gasteiger partial charge in [0.15, 0.2) is 0 Å². The molecule has 0 radical (unpaired) electrons. The van der Waals surface area contributed by atoms with Crippen molar-refractivity contribution in [3.8, 4) is 0 Å². The van der Waals surface area contributed by atoms with Crippen LogP contribution in [0.5, 0.6) is 0 Å². The molecule has 1 fully saturated rings. The molecule has 1 aliphatic rings. The van der Waals surface area contributed by atoms with Crippen molar-refractivity contribution in [3.63, 3.8) is 0 Å². The maximum atomic E-state index is 12.0. The molecule has 0 aromatic heterocycles. The van der Waals surface area contributed by atoms with E-state index in [0.717, 1.165) is 25.9 Å². The first-order valence-corrected chi connectivity index (χ1v) is 5.62. The predicted octanol–water partition coefficient (Wildman–Crippen LogP) is 1.24. The van der Waals surface area contributed by atoms with Crippen molar-refractivity contribution in [2.75, 3.05) is 20.1 Å². The quantitative estimate of drug-likeness (QED) is 0.721. The number of hydrogen-bond acceptors (Lipinski definition) is 2. The van der Waals surface area contributed by atoms with Crippen molar-refractivity contribution in [2.24, 2.45) is 5.92 Å². The van der Waals surface area contributed by atoms with Crippen molar-refractivity contribution < 1.29 is 4.79 Å². The van der Waals surface area contributed by atoms with Crippen LogP contribution in [0.2, 0.25) is 0 Å². The zero-order valence-corrected chi connectivity index (χ0v) is 9.55. The van der Waals surface area contributed by atoms with Crippen molar-refractivity contribution in [2.45, 2.75) is 39.2 Å². The number of amides is 1. The summed E-state index contributed by atoms with van der Waals surface area (Å²) in [4.78, 5) is 14.0. The third-order valence-electron chi connectivity index (χ3n) is 2.96. The van der Waals surface area contributed by atoms with Crippen LogP contribution in [0.4, 0.5) is 0 Å². The molecule has 82 valence electrons. The van der Waals surface area contributed by atoms with Gasteiger partial charge in [0, 0.05) is 25.0 Å². The highest BCUT2D eigenvalue weighted by Gasteiger charge is 2.30. The molecule has 1 amide bonds. The first kappa shape index (κ1) is 11.5. The summed E-state index contributed by atoms with van der Waals surface area (Å²) >= 11 is 0. The van der Waals surface area contributed by atoms with E-state index in [4.69, 9.17) is 0 Å². The smallest absolute Gasteiger partial charge is 0.225 e. The summed E-state index contributed by atoms with van der Waals surface area (Å²) in [6.45, 7) is 5.90. The molecule has 0 aliphatic heterocycles. The van der Waals surface area contributed by atoms with Crippen LogP contribution in [0, 0.1) is 5.92 Å². The van der Waals surface area contributed by atoms with Crippen LogP contribution in [0.3, 0.4) is 0 Å². The third-order valence-corrected chi connectivity index (χ3v) is 2.96. The lowest BCUT2D eigenvalue weighted by molar-refractivity contribution is -0.139. The normalized spacial score (nSPS) is 16.9. The molecular formula is C11H22N2O. The van der Waals surface area contributed by atoms with E-state index in [9.17, 15) is 4.79 Å². The third kappa shape index (κ3) is 2.71. The zero-order chi connectivity index (χ0) is 10.6. The Balaban J connectivity index is 2.43. The van der Waals surface area contributed by atoms with Crippen LogP contribution < -0.4 is 5.32 Å². The van der Waals surface area contributed by atoms with E-state index in [2.05, 4.69) is 19.2 Å². The maximum Gasteiger partial charge on any atom is 0.225 e. The lowest BCUT2D eigenvalue weighted by Gasteiger charge is -2.34. The van der Waals surface area contributed by atoms with Crippen molar-refractivity contribution in [1.29, 1.82) is 0 Å². The fourth-order valence-corrected chi connectivity index (χ4v) is 1.74. The minimum absolute atomic E-state index is 0.328. The molecule has 1 rings (SSSR count). The van der Waals surface area contributed by atoms with Crippen LogP contribution >= 0.6 is 0 Å². The standard InChI is InChI=1S/C11H22N2O/c1-9(2)13(8-7-12-3)11(14)10-5-4-6-10/h9-10,12H,4-8H2,1-3H3. The number of carbonyl (C=O) groups excluding carboxylic acids is 1. The Kier molecular flexibility index (Phi) is 4.39. The van der Waals surface area contributed by atoms with Gasteiger partial charge in [-0.05, 0) is 33.7 Å². The summed E-state index contributed by atoms with van der Waals surface area (Å²) in [5.74, 6) is 0.691. The van der Waals surface area contributed by atoms with Gasteiger partial charge in [-0.3, -0.25) is 4.79 Å². The highest BCUT2D eigenvalue weighted by molar-refractivity contribution is 5.79. The Morgan fingerprint density at radius 3 is 2.50 bits per heavy atom. The number of hydrogen-bond donors (Lipinski definition) is 1. The highest BCUT2D eigenvalue weighted by Crippen LogP contribution is 2.28. The lowest BCUT2D eigenvalue weighted by atomic mass is 9.84. The van der Waals surface area contributed by atoms with E-state index < -0.39 is 0 Å². The predicted molar refractivity (Wildman–Crippen MR) is 58.1 cm³/mol. The summed E-state index contributed by atoms with van der Waals surface area (Å²) in [6, 6.07) is 0.330. The number of carbonyl (C=O) groups is 1. The Labute approximate surface area is 86.9 Å². The molecule has 0 aromatic carbocycles. The monoisotopic (exact) mass is 198 g/mol. The molecule has 0 bridgehead atoms. The molecule has 0 saturated heterocycles. The molecule has 0 aromatic rings. The van der Waals surface area contributed by atoms with Gasteiger partial charge in [0.1, 0.15) is 0 Å². The van der Waals surface area contributed by atoms with E-state index in [1.165, 1.54) is 6.42 Å². The molecule has 1 N–H and O–H groups in total. The summed E-state index contributed by atoms with van der Waals surface area (Å²) in [7, 11) is 1.92. The van der Waals surface area contributed by atoms with Crippen LogP contribution in [0.1, 0.15) is 33.1 Å². The molecule has 14 heavy (non-hydrogen) atoms. The fraction of sp³-hybridized carbons (Fsp3) is 0.909. The SMILES string of the molecule is CNCCN(C(=O)C1CCC1)C(C)C. The molecule has 1 saturated carbocycles. The summed E-state index contributed by atoms with van der Waals surface area (Å²) < 4.78 is 0. The molecule has 0 spiro atoms. The summed E-state index contributed by atoms with van der Waals surface area (Å²) in [5, 5.41) is 3.09. The zero-order valence-electron chi connectivity index (χ0n) is 9.55. The van der Waals surface area contributed by atoms with Gasteiger partial charge < -0.3 is 10.2 Å². The minimum Gasteiger partial charge on any atom is -0.339 e. The Bertz CT molecular complexity index is 188. The van der Waals surface area contributed by atoms with Gasteiger partial charge >= 0.3 is 0 Å². The van der Waals surface area contributed by atoms with E-state index in [-0.39, 0.29) is 0 Å². The number of nitrogens with zero attached hydrogens (tertiary/aromatic N) is 1. The van der Waals surface area contributed by atoms with Crippen LogP contribution in [-0.4, -0.2) is 37.0 Å². The van der Waals surface area contributed by atoms with Gasteiger partial charge in [-0.15, -0.1) is 0 Å². The van der Waals surface area contributed by atoms with Crippen LogP contribution in [-0.2, 0) is 4.79 Å². The van der Waals surface area contributed by atoms with Gasteiger partial charge in [0.2, 0.25) is 5.91 Å². The Hall–Kier alpha value is -0.570. The molecule has 0 unspecified atom stereocenters. The van der Waals surface area contributed by atoms with E-state index in [1.807, 2.05) is 11.9 Å². The van der Waals surface area contributed by atoms with Gasteiger partial charge in [-0.1, -0.05) is 6.42 Å². The fourth-order valence-electron chi connectivity index (χ4n) is 1.74. The van der Waals surface area contributed by atoms with E-state index in [1.54, 1.807) is 0 Å². The first-order valence-electron chi connectivity index (χ1n) is 5.62. The molecular weight excluding hydrogens is 176 g/mol. The highest BCUT2D eigenvalue weighted by atomic mass is 16.2. The Morgan fingerprint density at radius 2 is 2.14 bits per heavy atom. The second-order valence-electron chi connectivity index (χ2n) is 4.36. The molecule has 0 heterocycles. The van der Waals surface area contributed by atoms with Gasteiger partial charge in [0.25, 0.3) is 0 Å². The van der Waals surface area contributed by atoms with E-state index in [0.29, 0.717) is 17.9 Å². The van der Waals surface area contributed by atoms with Gasteiger partial charge in [0.05, 0.1) is 0 Å². The molecule has 0 atom stereocenters. The molecule has 3 nitrogen and oxygen atoms in total. The van der Waals surface area contributed by atoms with Crippen molar-refractivity contribution in [3.05, 3.63) is 0 Å².